The number of aromatic hydroxyl groups is 2. The lowest BCUT2D eigenvalue weighted by Gasteiger charge is -2.42. The van der Waals surface area contributed by atoms with Gasteiger partial charge in [-0.2, -0.15) is 0 Å². The number of fused-ring (bicyclic) bond motifs is 1. The van der Waals surface area contributed by atoms with Gasteiger partial charge in [-0.1, -0.05) is 12.1 Å². The second-order valence-corrected chi connectivity index (χ2v) is 9.05. The first-order valence-electron chi connectivity index (χ1n) is 11.7. The van der Waals surface area contributed by atoms with E-state index in [1.807, 2.05) is 0 Å². The number of aliphatic carboxylic acids is 1. The molecule has 13 heteroatoms. The number of benzene rings is 1. The fraction of sp³-hybridized carbons (Fsp3) is 0.440. The standard InChI is InChI=1S/C25H28O13/c26-8-17-20(30)21(31)22(32)25(37-17)38-24-19-12(3-4-13(19)14(10-36-24)23(33)34)9-35-18(29)6-2-11-1-5-15(27)16(28)7-11/h1-3,5-7,10,13,17,19-22,24-28,30-32H,4,8-9H2,(H,33,34)/b6-2+/t13-,17-,19-,20-,21+,22-,24+,25+/m1/s1. The number of carbonyl (C=O) groups excluding carboxylic acids is 1. The molecule has 206 valence electrons. The summed E-state index contributed by atoms with van der Waals surface area (Å²) in [7, 11) is 0. The Kier molecular flexibility index (Phi) is 8.35. The van der Waals surface area contributed by atoms with E-state index < -0.39 is 67.4 Å². The zero-order chi connectivity index (χ0) is 27.6. The molecule has 0 unspecified atom stereocenters. The highest BCUT2D eigenvalue weighted by atomic mass is 16.8. The molecule has 4 rings (SSSR count). The minimum absolute atomic E-state index is 0.0340. The summed E-state index contributed by atoms with van der Waals surface area (Å²) in [5, 5.41) is 68.3. The van der Waals surface area contributed by atoms with Crippen LogP contribution in [0.5, 0.6) is 11.5 Å². The first kappa shape index (κ1) is 27.6. The topological polar surface area (TPSA) is 213 Å². The molecule has 1 aliphatic carbocycles. The van der Waals surface area contributed by atoms with Crippen molar-refractivity contribution in [3.63, 3.8) is 0 Å². The number of aliphatic hydroxyl groups is 4. The van der Waals surface area contributed by atoms with Crippen LogP contribution in [0.4, 0.5) is 0 Å². The number of carboxylic acids is 1. The van der Waals surface area contributed by atoms with Crippen molar-refractivity contribution in [3.05, 3.63) is 53.3 Å². The predicted molar refractivity (Wildman–Crippen MR) is 125 cm³/mol. The SMILES string of the molecule is O=C(/C=C/c1ccc(O)c(O)c1)OCC1=CC[C@@H]2C(C(=O)O)=CO[C@@H](O[C@@H]3O[C@H](CO)[C@@H](O)[C@H](O)[C@H]3O)[C@H]12. The van der Waals surface area contributed by atoms with E-state index in [2.05, 4.69) is 0 Å². The molecule has 3 aliphatic rings. The van der Waals surface area contributed by atoms with Crippen molar-refractivity contribution in [1.29, 1.82) is 0 Å². The number of hydrogen-bond donors (Lipinski definition) is 7. The van der Waals surface area contributed by atoms with E-state index in [9.17, 15) is 45.3 Å². The first-order valence-corrected chi connectivity index (χ1v) is 11.7. The molecule has 1 aromatic carbocycles. The molecule has 2 aliphatic heterocycles. The molecule has 1 fully saturated rings. The van der Waals surface area contributed by atoms with Gasteiger partial charge in [-0.05, 0) is 35.8 Å². The third-order valence-electron chi connectivity index (χ3n) is 6.67. The Balaban J connectivity index is 1.45. The molecule has 0 amide bonds. The smallest absolute Gasteiger partial charge is 0.335 e. The molecule has 0 spiro atoms. The molecule has 8 atom stereocenters. The number of carboxylic acid groups (broad SMARTS) is 1. The van der Waals surface area contributed by atoms with E-state index in [-0.39, 0.29) is 30.1 Å². The summed E-state index contributed by atoms with van der Waals surface area (Å²) in [6, 6.07) is 3.99. The van der Waals surface area contributed by atoms with Gasteiger partial charge in [0.1, 0.15) is 31.0 Å². The molecule has 0 bridgehead atoms. The summed E-state index contributed by atoms with van der Waals surface area (Å²) in [6.45, 7) is -0.903. The van der Waals surface area contributed by atoms with Crippen LogP contribution in [0, 0.1) is 11.8 Å². The van der Waals surface area contributed by atoms with Crippen molar-refractivity contribution in [2.75, 3.05) is 13.2 Å². The fourth-order valence-electron chi connectivity index (χ4n) is 4.62. The number of ether oxygens (including phenoxy) is 4. The third-order valence-corrected chi connectivity index (χ3v) is 6.67. The van der Waals surface area contributed by atoms with Crippen LogP contribution in [0.2, 0.25) is 0 Å². The molecular weight excluding hydrogens is 508 g/mol. The van der Waals surface area contributed by atoms with Gasteiger partial charge in [0.15, 0.2) is 17.8 Å². The van der Waals surface area contributed by atoms with Gasteiger partial charge in [0.2, 0.25) is 6.29 Å². The highest BCUT2D eigenvalue weighted by molar-refractivity contribution is 5.88. The van der Waals surface area contributed by atoms with Crippen molar-refractivity contribution in [3.8, 4) is 11.5 Å². The maximum atomic E-state index is 12.3. The lowest BCUT2D eigenvalue weighted by Crippen LogP contribution is -2.60. The zero-order valence-electron chi connectivity index (χ0n) is 19.9. The lowest BCUT2D eigenvalue weighted by molar-refractivity contribution is -0.339. The molecule has 1 saturated heterocycles. The van der Waals surface area contributed by atoms with Gasteiger partial charge in [0, 0.05) is 12.0 Å². The Morgan fingerprint density at radius 2 is 1.82 bits per heavy atom. The molecule has 1 aromatic rings. The van der Waals surface area contributed by atoms with E-state index in [1.165, 1.54) is 24.3 Å². The van der Waals surface area contributed by atoms with Crippen LogP contribution in [-0.2, 0) is 28.5 Å². The Hall–Kier alpha value is -3.46. The van der Waals surface area contributed by atoms with Crippen molar-refractivity contribution in [1.82, 2.24) is 0 Å². The zero-order valence-corrected chi connectivity index (χ0v) is 19.9. The third kappa shape index (κ3) is 5.67. The number of phenolic OH excluding ortho intramolecular Hbond substituents is 2. The molecule has 0 aromatic heterocycles. The first-order chi connectivity index (χ1) is 18.1. The highest BCUT2D eigenvalue weighted by Crippen LogP contribution is 2.44. The average molecular weight is 536 g/mol. The largest absolute Gasteiger partial charge is 0.504 e. The lowest BCUT2D eigenvalue weighted by atomic mass is 9.83. The van der Waals surface area contributed by atoms with Crippen molar-refractivity contribution in [2.45, 2.75) is 43.4 Å². The van der Waals surface area contributed by atoms with E-state index in [1.54, 1.807) is 6.08 Å². The van der Waals surface area contributed by atoms with Crippen molar-refractivity contribution >= 4 is 18.0 Å². The van der Waals surface area contributed by atoms with Gasteiger partial charge < -0.3 is 54.7 Å². The summed E-state index contributed by atoms with van der Waals surface area (Å²) in [4.78, 5) is 24.0. The molecule has 7 N–H and O–H groups in total. The summed E-state index contributed by atoms with van der Waals surface area (Å²) in [6.07, 6.45) is -3.45. The monoisotopic (exact) mass is 536 g/mol. The van der Waals surface area contributed by atoms with Gasteiger partial charge >= 0.3 is 11.9 Å². The van der Waals surface area contributed by atoms with Crippen LogP contribution in [0.15, 0.2) is 47.8 Å². The van der Waals surface area contributed by atoms with Crippen molar-refractivity contribution < 1.29 is 64.3 Å². The van der Waals surface area contributed by atoms with Crippen LogP contribution < -0.4 is 0 Å². The number of phenols is 2. The van der Waals surface area contributed by atoms with Crippen LogP contribution in [-0.4, -0.2) is 97.9 Å². The maximum Gasteiger partial charge on any atom is 0.335 e. The Morgan fingerprint density at radius 1 is 1.05 bits per heavy atom. The molecule has 38 heavy (non-hydrogen) atoms. The summed E-state index contributed by atoms with van der Waals surface area (Å²) in [5.41, 5.74) is 0.885. The van der Waals surface area contributed by atoms with Crippen molar-refractivity contribution in [2.24, 2.45) is 11.8 Å². The maximum absolute atomic E-state index is 12.3. The normalized spacial score (nSPS) is 32.7. The molecule has 0 radical (unpaired) electrons. The van der Waals surface area contributed by atoms with Gasteiger partial charge in [-0.3, -0.25) is 0 Å². The van der Waals surface area contributed by atoms with Gasteiger partial charge in [-0.15, -0.1) is 0 Å². The van der Waals surface area contributed by atoms with Gasteiger partial charge in [0.25, 0.3) is 0 Å². The minimum atomic E-state index is -1.70. The number of carbonyl (C=O) groups is 2. The van der Waals surface area contributed by atoms with Crippen LogP contribution >= 0.6 is 0 Å². The minimum Gasteiger partial charge on any atom is -0.504 e. The Bertz CT molecular complexity index is 1140. The number of hydrogen-bond acceptors (Lipinski definition) is 12. The molecule has 2 heterocycles. The predicted octanol–water partition coefficient (Wildman–Crippen LogP) is -0.642. The Morgan fingerprint density at radius 3 is 2.50 bits per heavy atom. The van der Waals surface area contributed by atoms with Gasteiger partial charge in [-0.25, -0.2) is 9.59 Å². The number of aliphatic hydroxyl groups excluding tert-OH is 4. The van der Waals surface area contributed by atoms with Gasteiger partial charge in [0.05, 0.1) is 24.4 Å². The average Bonchev–Trinajstić information content (AvgIpc) is 3.32. The molecular formula is C25H28O13. The van der Waals surface area contributed by atoms with Crippen LogP contribution in [0.25, 0.3) is 6.08 Å². The summed E-state index contributed by atoms with van der Waals surface area (Å²) in [5.74, 6) is -3.98. The summed E-state index contributed by atoms with van der Waals surface area (Å²) >= 11 is 0. The van der Waals surface area contributed by atoms with E-state index in [0.29, 0.717) is 11.1 Å². The number of allylic oxidation sites excluding steroid dienone is 1. The molecule has 0 saturated carbocycles. The quantitative estimate of drug-likeness (QED) is 0.0954. The second kappa shape index (κ2) is 11.5. The summed E-state index contributed by atoms with van der Waals surface area (Å²) < 4.78 is 21.9. The second-order valence-electron chi connectivity index (χ2n) is 9.05. The van der Waals surface area contributed by atoms with E-state index in [0.717, 1.165) is 12.3 Å². The number of esters is 1. The molecule has 13 nitrogen and oxygen atoms in total. The Labute approximate surface area is 216 Å². The van der Waals surface area contributed by atoms with E-state index >= 15 is 0 Å². The fourth-order valence-corrected chi connectivity index (χ4v) is 4.62. The van der Waals surface area contributed by atoms with Crippen LogP contribution in [0.1, 0.15) is 12.0 Å². The highest BCUT2D eigenvalue weighted by Gasteiger charge is 2.49. The van der Waals surface area contributed by atoms with E-state index in [4.69, 9.17) is 18.9 Å². The number of rotatable bonds is 8. The van der Waals surface area contributed by atoms with Crippen LogP contribution in [0.3, 0.4) is 0 Å².